The predicted molar refractivity (Wildman–Crippen MR) is 84.2 cm³/mol. The molecule has 2 heterocycles. The largest absolute Gasteiger partial charge is 0.330 e. The maximum atomic E-state index is 13.7. The molecule has 0 saturated carbocycles. The smallest absolute Gasteiger partial charge is 0.193 e. The van der Waals surface area contributed by atoms with Crippen LogP contribution in [0.4, 0.5) is 8.78 Å². The fourth-order valence-corrected chi connectivity index (χ4v) is 3.23. The Kier molecular flexibility index (Phi) is 4.44. The van der Waals surface area contributed by atoms with Crippen molar-refractivity contribution in [1.82, 2.24) is 20.2 Å². The number of nitrogens with zero attached hydrogens (tertiary/aromatic N) is 3. The first-order valence-electron chi connectivity index (χ1n) is 7.08. The van der Waals surface area contributed by atoms with E-state index in [-0.39, 0.29) is 6.42 Å². The average molecular weight is 335 g/mol. The number of benzene rings is 1. The minimum atomic E-state index is -0.600. The molecule has 3 N–H and O–H groups in total. The van der Waals surface area contributed by atoms with Gasteiger partial charge in [-0.1, -0.05) is 6.07 Å². The van der Waals surface area contributed by atoms with Crippen LogP contribution in [0.3, 0.4) is 0 Å². The highest BCUT2D eigenvalue weighted by Gasteiger charge is 2.15. The van der Waals surface area contributed by atoms with Crippen molar-refractivity contribution in [2.45, 2.75) is 19.8 Å². The van der Waals surface area contributed by atoms with Gasteiger partial charge in [0.15, 0.2) is 5.82 Å². The lowest BCUT2D eigenvalue weighted by Crippen LogP contribution is -2.01. The maximum absolute atomic E-state index is 13.7. The summed E-state index contributed by atoms with van der Waals surface area (Å²) in [5.74, 6) is -0.154. The first kappa shape index (κ1) is 15.7. The second kappa shape index (κ2) is 6.51. The number of aryl methyl sites for hydroxylation is 1. The van der Waals surface area contributed by atoms with Gasteiger partial charge in [-0.3, -0.25) is 5.10 Å². The molecule has 0 radical (unpaired) electrons. The number of aromatic amines is 1. The van der Waals surface area contributed by atoms with E-state index in [9.17, 15) is 8.78 Å². The summed E-state index contributed by atoms with van der Waals surface area (Å²) in [6.45, 7) is 2.43. The fourth-order valence-electron chi connectivity index (χ4n) is 2.21. The topological polar surface area (TPSA) is 80.5 Å². The molecule has 0 unspecified atom stereocenters. The summed E-state index contributed by atoms with van der Waals surface area (Å²) in [5.41, 5.74) is 6.74. The van der Waals surface area contributed by atoms with E-state index in [1.165, 1.54) is 23.5 Å². The van der Waals surface area contributed by atoms with E-state index in [4.69, 9.17) is 5.73 Å². The first-order chi connectivity index (χ1) is 11.1. The Bertz CT molecular complexity index is 827. The zero-order valence-electron chi connectivity index (χ0n) is 12.4. The normalized spacial score (nSPS) is 11.1. The van der Waals surface area contributed by atoms with Gasteiger partial charge < -0.3 is 5.73 Å². The minimum absolute atomic E-state index is 0.215. The molecule has 8 heteroatoms. The molecule has 120 valence electrons. The summed E-state index contributed by atoms with van der Waals surface area (Å²) in [6.07, 6.45) is 0.927. The Morgan fingerprint density at radius 2 is 2.09 bits per heavy atom. The lowest BCUT2D eigenvalue weighted by molar-refractivity contribution is 0.573. The third-order valence-electron chi connectivity index (χ3n) is 3.31. The summed E-state index contributed by atoms with van der Waals surface area (Å²) in [4.78, 5) is 9.69. The van der Waals surface area contributed by atoms with Crippen LogP contribution in [0.5, 0.6) is 0 Å². The third-order valence-corrected chi connectivity index (χ3v) is 4.52. The lowest BCUT2D eigenvalue weighted by atomic mass is 10.1. The summed E-state index contributed by atoms with van der Waals surface area (Å²) < 4.78 is 26.6. The van der Waals surface area contributed by atoms with E-state index in [0.29, 0.717) is 30.2 Å². The zero-order chi connectivity index (χ0) is 16.4. The van der Waals surface area contributed by atoms with Crippen LogP contribution in [0.2, 0.25) is 0 Å². The van der Waals surface area contributed by atoms with Gasteiger partial charge in [0.05, 0.1) is 15.6 Å². The highest BCUT2D eigenvalue weighted by Crippen LogP contribution is 2.27. The van der Waals surface area contributed by atoms with Gasteiger partial charge in [0.25, 0.3) is 0 Å². The van der Waals surface area contributed by atoms with Gasteiger partial charge in [-0.15, -0.1) is 11.3 Å². The minimum Gasteiger partial charge on any atom is -0.330 e. The highest BCUT2D eigenvalue weighted by molar-refractivity contribution is 7.15. The van der Waals surface area contributed by atoms with Crippen LogP contribution in [0.1, 0.15) is 22.1 Å². The number of aromatic nitrogens is 4. The van der Waals surface area contributed by atoms with Gasteiger partial charge in [-0.25, -0.2) is 18.7 Å². The van der Waals surface area contributed by atoms with Crippen molar-refractivity contribution in [1.29, 1.82) is 0 Å². The van der Waals surface area contributed by atoms with Crippen LogP contribution in [0, 0.1) is 18.6 Å². The molecule has 1 aromatic carbocycles. The number of hydrogen-bond acceptors (Lipinski definition) is 5. The van der Waals surface area contributed by atoms with Crippen LogP contribution in [-0.4, -0.2) is 26.7 Å². The number of rotatable bonds is 5. The summed E-state index contributed by atoms with van der Waals surface area (Å²) >= 11 is 1.50. The summed E-state index contributed by atoms with van der Waals surface area (Å²) in [7, 11) is 0. The van der Waals surface area contributed by atoms with E-state index in [0.717, 1.165) is 21.6 Å². The molecular formula is C15H15F2N5S. The highest BCUT2D eigenvalue weighted by atomic mass is 32.1. The van der Waals surface area contributed by atoms with Crippen LogP contribution in [0.25, 0.3) is 10.7 Å². The molecule has 0 saturated heterocycles. The number of thiazole rings is 1. The van der Waals surface area contributed by atoms with Gasteiger partial charge in [0, 0.05) is 18.9 Å². The monoisotopic (exact) mass is 335 g/mol. The van der Waals surface area contributed by atoms with Crippen molar-refractivity contribution in [3.05, 3.63) is 51.9 Å². The molecule has 5 nitrogen and oxygen atoms in total. The van der Waals surface area contributed by atoms with E-state index < -0.39 is 11.6 Å². The van der Waals surface area contributed by atoms with Crippen LogP contribution in [0.15, 0.2) is 18.2 Å². The van der Waals surface area contributed by atoms with E-state index in [1.807, 2.05) is 6.92 Å². The summed E-state index contributed by atoms with van der Waals surface area (Å²) in [6, 6.07) is 3.49. The molecule has 3 rings (SSSR count). The van der Waals surface area contributed by atoms with Crippen LogP contribution >= 0.6 is 11.3 Å². The lowest BCUT2D eigenvalue weighted by Gasteiger charge is -2.00. The van der Waals surface area contributed by atoms with E-state index in [1.54, 1.807) is 0 Å². The first-order valence-corrected chi connectivity index (χ1v) is 7.90. The molecule has 23 heavy (non-hydrogen) atoms. The van der Waals surface area contributed by atoms with Gasteiger partial charge in [0.2, 0.25) is 0 Å². The molecule has 0 aliphatic rings. The average Bonchev–Trinajstić information content (AvgIpc) is 3.09. The number of nitrogens with one attached hydrogen (secondary N) is 1. The number of halogens is 2. The van der Waals surface area contributed by atoms with E-state index >= 15 is 0 Å². The summed E-state index contributed by atoms with van der Waals surface area (Å²) in [5, 5.41) is 7.91. The van der Waals surface area contributed by atoms with Gasteiger partial charge in [-0.05, 0) is 25.1 Å². The molecule has 0 fully saturated rings. The van der Waals surface area contributed by atoms with Crippen LogP contribution < -0.4 is 5.73 Å². The van der Waals surface area contributed by atoms with Gasteiger partial charge >= 0.3 is 0 Å². The molecule has 0 amide bonds. The number of hydrogen-bond donors (Lipinski definition) is 2. The number of nitrogens with two attached hydrogens (primary N) is 1. The van der Waals surface area contributed by atoms with Crippen molar-refractivity contribution in [3.8, 4) is 10.7 Å². The fraction of sp³-hybridized carbons (Fsp3) is 0.267. The van der Waals surface area contributed by atoms with Crippen molar-refractivity contribution >= 4 is 11.3 Å². The molecule has 2 aromatic heterocycles. The second-order valence-corrected chi connectivity index (χ2v) is 6.16. The standard InChI is InChI=1S/C15H15F2N5S/c1-8-14(23-13(19-8)4-5-18)15-20-12(21-22-15)6-9-2-3-10(16)7-11(9)17/h2-3,7H,4-6,18H2,1H3,(H,20,21,22). The molecule has 0 aliphatic heterocycles. The Hall–Kier alpha value is -2.19. The van der Waals surface area contributed by atoms with Crippen molar-refractivity contribution < 1.29 is 8.78 Å². The van der Waals surface area contributed by atoms with Crippen molar-refractivity contribution in [2.75, 3.05) is 6.54 Å². The molecular weight excluding hydrogens is 320 g/mol. The second-order valence-electron chi connectivity index (χ2n) is 5.08. The number of H-pyrrole nitrogens is 1. The molecule has 0 spiro atoms. The molecule has 0 aliphatic carbocycles. The van der Waals surface area contributed by atoms with E-state index in [2.05, 4.69) is 20.2 Å². The van der Waals surface area contributed by atoms with Gasteiger partial charge in [0.1, 0.15) is 17.5 Å². The maximum Gasteiger partial charge on any atom is 0.193 e. The SMILES string of the molecule is Cc1nc(CCN)sc1-c1n[nH]c(Cc2ccc(F)cc2F)n1. The zero-order valence-corrected chi connectivity index (χ0v) is 13.3. The molecule has 0 bridgehead atoms. The third kappa shape index (κ3) is 3.43. The Labute approximate surface area is 135 Å². The Morgan fingerprint density at radius 3 is 2.83 bits per heavy atom. The van der Waals surface area contributed by atoms with Crippen molar-refractivity contribution in [3.63, 3.8) is 0 Å². The molecule has 3 aromatic rings. The molecule has 0 atom stereocenters. The quantitative estimate of drug-likeness (QED) is 0.751. The Morgan fingerprint density at radius 1 is 1.26 bits per heavy atom. The predicted octanol–water partition coefficient (Wildman–Crippen LogP) is 2.61. The van der Waals surface area contributed by atoms with Crippen molar-refractivity contribution in [2.24, 2.45) is 5.73 Å². The Balaban J connectivity index is 1.83. The van der Waals surface area contributed by atoms with Crippen LogP contribution in [-0.2, 0) is 12.8 Å². The van der Waals surface area contributed by atoms with Gasteiger partial charge in [-0.2, -0.15) is 5.10 Å².